The first kappa shape index (κ1) is 15.0. The van der Waals surface area contributed by atoms with Crippen LogP contribution in [-0.4, -0.2) is 41.6 Å². The first-order valence-corrected chi connectivity index (χ1v) is 7.46. The quantitative estimate of drug-likeness (QED) is 0.861. The molecule has 1 fully saturated rings. The Labute approximate surface area is 120 Å². The summed E-state index contributed by atoms with van der Waals surface area (Å²) in [6.07, 6.45) is 2.04. The van der Waals surface area contributed by atoms with Crippen LogP contribution in [-0.2, 0) is 4.79 Å². The van der Waals surface area contributed by atoms with Gasteiger partial charge < -0.3 is 15.3 Å². The zero-order chi connectivity index (χ0) is 14.4. The van der Waals surface area contributed by atoms with Crippen LogP contribution in [0.2, 0.25) is 0 Å². The molecule has 1 aliphatic rings. The van der Waals surface area contributed by atoms with Crippen molar-refractivity contribution in [1.82, 2.24) is 10.2 Å². The fourth-order valence-electron chi connectivity index (χ4n) is 2.68. The van der Waals surface area contributed by atoms with Crippen molar-refractivity contribution < 1.29 is 9.90 Å². The molecule has 2 rings (SSSR count). The van der Waals surface area contributed by atoms with E-state index in [0.29, 0.717) is 5.56 Å². The Bertz CT molecular complexity index is 414. The summed E-state index contributed by atoms with van der Waals surface area (Å²) in [7, 11) is 0. The predicted octanol–water partition coefficient (Wildman–Crippen LogP) is 1.71. The lowest BCUT2D eigenvalue weighted by Gasteiger charge is -2.32. The first-order chi connectivity index (χ1) is 9.70. The number of nitrogens with one attached hydrogen (secondary N) is 1. The minimum atomic E-state index is -1.06. The van der Waals surface area contributed by atoms with Crippen LogP contribution < -0.4 is 5.32 Å². The molecule has 1 amide bonds. The van der Waals surface area contributed by atoms with Crippen molar-refractivity contribution >= 4 is 5.91 Å². The lowest BCUT2D eigenvalue weighted by atomic mass is 10.0. The number of nitrogens with zero attached hydrogens (tertiary/aromatic N) is 1. The smallest absolute Gasteiger partial charge is 0.253 e. The van der Waals surface area contributed by atoms with Gasteiger partial charge in [-0.15, -0.1) is 0 Å². The van der Waals surface area contributed by atoms with Crippen LogP contribution in [0.4, 0.5) is 0 Å². The Balaban J connectivity index is 1.81. The highest BCUT2D eigenvalue weighted by molar-refractivity contribution is 5.82. The van der Waals surface area contributed by atoms with E-state index >= 15 is 0 Å². The third kappa shape index (κ3) is 4.05. The van der Waals surface area contributed by atoms with Gasteiger partial charge in [0.15, 0.2) is 6.10 Å². The number of amides is 1. The minimum absolute atomic E-state index is 0.189. The van der Waals surface area contributed by atoms with Gasteiger partial charge in [-0.1, -0.05) is 37.3 Å². The fourth-order valence-corrected chi connectivity index (χ4v) is 2.68. The highest BCUT2D eigenvalue weighted by atomic mass is 16.3. The molecule has 0 bridgehead atoms. The number of hydrogen-bond acceptors (Lipinski definition) is 3. The number of piperidine rings is 1. The van der Waals surface area contributed by atoms with Crippen LogP contribution >= 0.6 is 0 Å². The first-order valence-electron chi connectivity index (χ1n) is 7.46. The standard InChI is InChI=1S/C16H24N2O2/c1-2-10-18-11-8-14(9-12-18)17-16(20)15(19)13-6-4-3-5-7-13/h3-7,14-15,19H,2,8-12H2,1H3,(H,17,20). The highest BCUT2D eigenvalue weighted by Crippen LogP contribution is 2.15. The van der Waals surface area contributed by atoms with Gasteiger partial charge in [-0.3, -0.25) is 4.79 Å². The van der Waals surface area contributed by atoms with E-state index < -0.39 is 6.10 Å². The third-order valence-corrected chi connectivity index (χ3v) is 3.84. The Morgan fingerprint density at radius 3 is 2.60 bits per heavy atom. The van der Waals surface area contributed by atoms with E-state index in [1.165, 1.54) is 6.42 Å². The van der Waals surface area contributed by atoms with Crippen molar-refractivity contribution in [3.8, 4) is 0 Å². The summed E-state index contributed by atoms with van der Waals surface area (Å²) in [6, 6.07) is 9.26. The lowest BCUT2D eigenvalue weighted by Crippen LogP contribution is -2.46. The Morgan fingerprint density at radius 1 is 1.35 bits per heavy atom. The molecule has 1 saturated heterocycles. The van der Waals surface area contributed by atoms with Gasteiger partial charge in [0.2, 0.25) is 0 Å². The molecule has 2 N–H and O–H groups in total. The van der Waals surface area contributed by atoms with Gasteiger partial charge in [-0.25, -0.2) is 0 Å². The van der Waals surface area contributed by atoms with E-state index in [2.05, 4.69) is 17.1 Å². The molecule has 0 radical (unpaired) electrons. The highest BCUT2D eigenvalue weighted by Gasteiger charge is 2.23. The van der Waals surface area contributed by atoms with Crippen molar-refractivity contribution in [3.05, 3.63) is 35.9 Å². The SMILES string of the molecule is CCCN1CCC(NC(=O)C(O)c2ccccc2)CC1. The number of rotatable bonds is 5. The maximum atomic E-state index is 12.0. The molecule has 1 unspecified atom stereocenters. The molecule has 0 aliphatic carbocycles. The molecule has 1 heterocycles. The lowest BCUT2D eigenvalue weighted by molar-refractivity contribution is -0.130. The summed E-state index contributed by atoms with van der Waals surface area (Å²) in [5.41, 5.74) is 0.647. The van der Waals surface area contributed by atoms with E-state index in [-0.39, 0.29) is 11.9 Å². The number of benzene rings is 1. The summed E-state index contributed by atoms with van der Waals surface area (Å²) in [5.74, 6) is -0.287. The second-order valence-electron chi connectivity index (χ2n) is 5.44. The van der Waals surface area contributed by atoms with Crippen molar-refractivity contribution in [2.24, 2.45) is 0 Å². The van der Waals surface area contributed by atoms with Gasteiger partial charge >= 0.3 is 0 Å². The minimum Gasteiger partial charge on any atom is -0.378 e. The number of hydrogen-bond donors (Lipinski definition) is 2. The van der Waals surface area contributed by atoms with Crippen LogP contribution in [0.25, 0.3) is 0 Å². The monoisotopic (exact) mass is 276 g/mol. The number of carbonyl (C=O) groups excluding carboxylic acids is 1. The fraction of sp³-hybridized carbons (Fsp3) is 0.562. The van der Waals surface area contributed by atoms with Crippen LogP contribution in [0.5, 0.6) is 0 Å². The van der Waals surface area contributed by atoms with E-state index in [1.54, 1.807) is 12.1 Å². The van der Waals surface area contributed by atoms with Crippen LogP contribution in [0, 0.1) is 0 Å². The Hall–Kier alpha value is -1.39. The molecule has 1 aromatic rings. The van der Waals surface area contributed by atoms with Gasteiger partial charge in [-0.2, -0.15) is 0 Å². The second kappa shape index (κ2) is 7.41. The number of carbonyl (C=O) groups is 1. The molecule has 1 aromatic carbocycles. The third-order valence-electron chi connectivity index (χ3n) is 3.84. The maximum absolute atomic E-state index is 12.0. The molecule has 0 spiro atoms. The van der Waals surface area contributed by atoms with E-state index in [1.807, 2.05) is 18.2 Å². The molecule has 0 saturated carbocycles. The molecule has 20 heavy (non-hydrogen) atoms. The maximum Gasteiger partial charge on any atom is 0.253 e. The largest absolute Gasteiger partial charge is 0.378 e. The van der Waals surface area contributed by atoms with Gasteiger partial charge in [0.05, 0.1) is 0 Å². The van der Waals surface area contributed by atoms with Gasteiger partial charge in [-0.05, 0) is 31.4 Å². The van der Waals surface area contributed by atoms with Gasteiger partial charge in [0.1, 0.15) is 0 Å². The Kier molecular flexibility index (Phi) is 5.56. The van der Waals surface area contributed by atoms with Crippen molar-refractivity contribution in [1.29, 1.82) is 0 Å². The van der Waals surface area contributed by atoms with Crippen molar-refractivity contribution in [2.75, 3.05) is 19.6 Å². The molecule has 1 aliphatic heterocycles. The summed E-state index contributed by atoms with van der Waals surface area (Å²) >= 11 is 0. The number of aliphatic hydroxyl groups is 1. The normalized spacial score (nSPS) is 18.7. The molecule has 1 atom stereocenters. The molecular weight excluding hydrogens is 252 g/mol. The average Bonchev–Trinajstić information content (AvgIpc) is 2.49. The zero-order valence-electron chi connectivity index (χ0n) is 12.1. The summed E-state index contributed by atoms with van der Waals surface area (Å²) in [6.45, 7) is 5.37. The topological polar surface area (TPSA) is 52.6 Å². The summed E-state index contributed by atoms with van der Waals surface area (Å²) in [5, 5.41) is 13.0. The predicted molar refractivity (Wildman–Crippen MR) is 79.3 cm³/mol. The van der Waals surface area contributed by atoms with E-state index in [9.17, 15) is 9.90 Å². The Morgan fingerprint density at radius 2 is 2.00 bits per heavy atom. The summed E-state index contributed by atoms with van der Waals surface area (Å²) in [4.78, 5) is 14.5. The van der Waals surface area contributed by atoms with Crippen molar-refractivity contribution in [2.45, 2.75) is 38.3 Å². The number of aliphatic hydroxyl groups excluding tert-OH is 1. The molecule has 4 nitrogen and oxygen atoms in total. The molecule has 4 heteroatoms. The zero-order valence-corrected chi connectivity index (χ0v) is 12.1. The number of likely N-dealkylation sites (tertiary alicyclic amines) is 1. The van der Waals surface area contributed by atoms with Crippen LogP contribution in [0.1, 0.15) is 37.9 Å². The van der Waals surface area contributed by atoms with E-state index in [4.69, 9.17) is 0 Å². The molecular formula is C16H24N2O2. The molecule has 110 valence electrons. The second-order valence-corrected chi connectivity index (χ2v) is 5.44. The summed E-state index contributed by atoms with van der Waals surface area (Å²) < 4.78 is 0. The van der Waals surface area contributed by atoms with Crippen LogP contribution in [0.3, 0.4) is 0 Å². The van der Waals surface area contributed by atoms with Gasteiger partial charge in [0, 0.05) is 19.1 Å². The van der Waals surface area contributed by atoms with Crippen LogP contribution in [0.15, 0.2) is 30.3 Å². The van der Waals surface area contributed by atoms with E-state index in [0.717, 1.165) is 32.5 Å². The van der Waals surface area contributed by atoms with Gasteiger partial charge in [0.25, 0.3) is 5.91 Å². The van der Waals surface area contributed by atoms with Crippen molar-refractivity contribution in [3.63, 3.8) is 0 Å². The average molecular weight is 276 g/mol. The molecule has 0 aromatic heterocycles.